The summed E-state index contributed by atoms with van der Waals surface area (Å²) in [5, 5.41) is 6.29. The Morgan fingerprint density at radius 3 is 2.88 bits per heavy atom. The fraction of sp³-hybridized carbons (Fsp3) is 0.700. The number of hydrogen-bond acceptors (Lipinski definition) is 4. The van der Waals surface area contributed by atoms with E-state index in [0.717, 1.165) is 19.5 Å². The summed E-state index contributed by atoms with van der Waals surface area (Å²) >= 11 is 0. The predicted octanol–water partition coefficient (Wildman–Crippen LogP) is -0.0753. The molecule has 1 aliphatic carbocycles. The number of sulfonamides is 1. The molecule has 7 heteroatoms. The number of hydrogen-bond donors (Lipinski definition) is 2. The molecule has 2 N–H and O–H groups in total. The van der Waals surface area contributed by atoms with Crippen LogP contribution in [0, 0.1) is 0 Å². The third-order valence-corrected chi connectivity index (χ3v) is 4.82. The largest absolute Gasteiger partial charge is 0.299 e. The summed E-state index contributed by atoms with van der Waals surface area (Å²) in [4.78, 5) is 2.38. The molecule has 0 aromatic carbocycles. The summed E-state index contributed by atoms with van der Waals surface area (Å²) in [5.74, 6) is 0. The van der Waals surface area contributed by atoms with Crippen molar-refractivity contribution in [2.75, 3.05) is 13.1 Å². The van der Waals surface area contributed by atoms with Crippen LogP contribution in [0.5, 0.6) is 0 Å². The molecule has 1 aromatic heterocycles. The van der Waals surface area contributed by atoms with Crippen LogP contribution in [0.25, 0.3) is 0 Å². The second-order valence-corrected chi connectivity index (χ2v) is 6.44. The Hall–Kier alpha value is -0.920. The van der Waals surface area contributed by atoms with Gasteiger partial charge in [-0.3, -0.25) is 10.00 Å². The lowest BCUT2D eigenvalue weighted by molar-refractivity contribution is 0.322. The van der Waals surface area contributed by atoms with Crippen molar-refractivity contribution < 1.29 is 8.42 Å². The average molecular weight is 256 g/mol. The van der Waals surface area contributed by atoms with Crippen LogP contribution in [0.1, 0.15) is 19.3 Å². The number of H-pyrrole nitrogens is 1. The van der Waals surface area contributed by atoms with Crippen LogP contribution in [0.15, 0.2) is 17.3 Å². The van der Waals surface area contributed by atoms with Crippen LogP contribution in [0.3, 0.4) is 0 Å². The highest BCUT2D eigenvalue weighted by molar-refractivity contribution is 7.89. The Kier molecular flexibility index (Phi) is 2.68. The van der Waals surface area contributed by atoms with Crippen molar-refractivity contribution in [3.8, 4) is 0 Å². The first-order chi connectivity index (χ1) is 8.15. The minimum Gasteiger partial charge on any atom is -0.299 e. The SMILES string of the molecule is O=S(=O)(NC1CCN(C2CC2)C1)c1ccn[nH]1. The van der Waals surface area contributed by atoms with Gasteiger partial charge in [-0.1, -0.05) is 0 Å². The monoisotopic (exact) mass is 256 g/mol. The van der Waals surface area contributed by atoms with E-state index in [9.17, 15) is 8.42 Å². The Balaban J connectivity index is 1.64. The molecular formula is C10H16N4O2S. The number of nitrogens with one attached hydrogen (secondary N) is 2. The van der Waals surface area contributed by atoms with Gasteiger partial charge in [0.1, 0.15) is 0 Å². The van der Waals surface area contributed by atoms with E-state index in [1.54, 1.807) is 0 Å². The maximum Gasteiger partial charge on any atom is 0.257 e. The second-order valence-electron chi connectivity index (χ2n) is 4.75. The maximum atomic E-state index is 11.9. The Bertz CT molecular complexity index is 480. The van der Waals surface area contributed by atoms with Gasteiger partial charge in [-0.2, -0.15) is 5.10 Å². The molecule has 0 spiro atoms. The van der Waals surface area contributed by atoms with Crippen molar-refractivity contribution in [1.29, 1.82) is 0 Å². The van der Waals surface area contributed by atoms with Crippen LogP contribution >= 0.6 is 0 Å². The van der Waals surface area contributed by atoms with Gasteiger partial charge in [0.2, 0.25) is 0 Å². The molecule has 1 aliphatic heterocycles. The summed E-state index contributed by atoms with van der Waals surface area (Å²) < 4.78 is 26.6. The lowest BCUT2D eigenvalue weighted by atomic mass is 10.3. The molecule has 2 fully saturated rings. The van der Waals surface area contributed by atoms with Gasteiger partial charge < -0.3 is 0 Å². The zero-order valence-electron chi connectivity index (χ0n) is 9.46. The zero-order valence-corrected chi connectivity index (χ0v) is 10.3. The van der Waals surface area contributed by atoms with Gasteiger partial charge in [0.05, 0.1) is 6.20 Å². The molecule has 0 bridgehead atoms. The molecule has 1 atom stereocenters. The summed E-state index contributed by atoms with van der Waals surface area (Å²) in [6.07, 6.45) is 4.86. The fourth-order valence-electron chi connectivity index (χ4n) is 2.33. The van der Waals surface area contributed by atoms with Gasteiger partial charge >= 0.3 is 0 Å². The molecular weight excluding hydrogens is 240 g/mol. The number of aromatic nitrogens is 2. The lowest BCUT2D eigenvalue weighted by Crippen LogP contribution is -2.37. The summed E-state index contributed by atoms with van der Waals surface area (Å²) in [6.45, 7) is 1.83. The molecule has 6 nitrogen and oxygen atoms in total. The molecule has 2 aliphatic rings. The van der Waals surface area contributed by atoms with Gasteiger partial charge in [-0.15, -0.1) is 0 Å². The molecule has 1 unspecified atom stereocenters. The smallest absolute Gasteiger partial charge is 0.257 e. The topological polar surface area (TPSA) is 78.1 Å². The zero-order chi connectivity index (χ0) is 11.9. The number of rotatable bonds is 4. The van der Waals surface area contributed by atoms with Gasteiger partial charge in [-0.25, -0.2) is 13.1 Å². The minimum absolute atomic E-state index is 0.0314. The molecule has 0 amide bonds. The molecule has 0 radical (unpaired) electrons. The second kappa shape index (κ2) is 4.08. The third-order valence-electron chi connectivity index (χ3n) is 3.37. The van der Waals surface area contributed by atoms with Gasteiger partial charge in [-0.05, 0) is 25.3 Å². The van der Waals surface area contributed by atoms with E-state index in [-0.39, 0.29) is 11.1 Å². The van der Waals surface area contributed by atoms with Crippen LogP contribution in [-0.2, 0) is 10.0 Å². The summed E-state index contributed by atoms with van der Waals surface area (Å²) in [5.41, 5.74) is 0. The van der Waals surface area contributed by atoms with E-state index >= 15 is 0 Å². The molecule has 17 heavy (non-hydrogen) atoms. The highest BCUT2D eigenvalue weighted by atomic mass is 32.2. The van der Waals surface area contributed by atoms with Crippen LogP contribution in [0.2, 0.25) is 0 Å². The highest BCUT2D eigenvalue weighted by Crippen LogP contribution is 2.30. The van der Waals surface area contributed by atoms with Crippen LogP contribution < -0.4 is 4.72 Å². The standard InChI is InChI=1S/C10H16N4O2S/c15-17(16,10-3-5-11-12-10)13-8-4-6-14(7-8)9-1-2-9/h3,5,8-9,13H,1-2,4,6-7H2,(H,11,12). The summed E-state index contributed by atoms with van der Waals surface area (Å²) in [7, 11) is -3.42. The predicted molar refractivity (Wildman–Crippen MR) is 61.9 cm³/mol. The Morgan fingerprint density at radius 2 is 2.24 bits per heavy atom. The quantitative estimate of drug-likeness (QED) is 0.790. The molecule has 94 valence electrons. The molecule has 1 saturated heterocycles. The van der Waals surface area contributed by atoms with Crippen LogP contribution in [-0.4, -0.2) is 48.7 Å². The minimum atomic E-state index is -3.42. The van der Waals surface area contributed by atoms with Crippen molar-refractivity contribution >= 4 is 10.0 Å². The summed E-state index contributed by atoms with van der Waals surface area (Å²) in [6, 6.07) is 2.20. The first-order valence-corrected chi connectivity index (χ1v) is 7.39. The molecule has 1 aromatic rings. The maximum absolute atomic E-state index is 11.9. The van der Waals surface area contributed by atoms with Crippen LogP contribution in [0.4, 0.5) is 0 Å². The van der Waals surface area contributed by atoms with E-state index in [2.05, 4.69) is 19.8 Å². The first kappa shape index (κ1) is 11.2. The first-order valence-electron chi connectivity index (χ1n) is 5.91. The molecule has 3 rings (SSSR count). The van der Waals surface area contributed by atoms with Gasteiger partial charge in [0.15, 0.2) is 5.03 Å². The number of aromatic amines is 1. The van der Waals surface area contributed by atoms with Gasteiger partial charge in [0.25, 0.3) is 10.0 Å². The van der Waals surface area contributed by atoms with E-state index in [0.29, 0.717) is 6.04 Å². The van der Waals surface area contributed by atoms with E-state index < -0.39 is 10.0 Å². The third kappa shape index (κ3) is 2.36. The van der Waals surface area contributed by atoms with Crippen molar-refractivity contribution in [2.45, 2.75) is 36.4 Å². The van der Waals surface area contributed by atoms with E-state index in [1.807, 2.05) is 0 Å². The fourth-order valence-corrected chi connectivity index (χ4v) is 3.50. The van der Waals surface area contributed by atoms with E-state index in [1.165, 1.54) is 25.1 Å². The van der Waals surface area contributed by atoms with Crippen molar-refractivity contribution in [2.24, 2.45) is 0 Å². The Morgan fingerprint density at radius 1 is 1.41 bits per heavy atom. The number of likely N-dealkylation sites (tertiary alicyclic amines) is 1. The lowest BCUT2D eigenvalue weighted by Gasteiger charge is -2.15. The normalized spacial score (nSPS) is 26.5. The molecule has 2 heterocycles. The Labute approximate surface area is 100 Å². The van der Waals surface area contributed by atoms with Crippen molar-refractivity contribution in [3.05, 3.63) is 12.3 Å². The molecule has 1 saturated carbocycles. The van der Waals surface area contributed by atoms with Crippen molar-refractivity contribution in [1.82, 2.24) is 19.8 Å². The van der Waals surface area contributed by atoms with Crippen molar-refractivity contribution in [3.63, 3.8) is 0 Å². The highest BCUT2D eigenvalue weighted by Gasteiger charge is 2.35. The van der Waals surface area contributed by atoms with Gasteiger partial charge in [0, 0.05) is 25.2 Å². The van der Waals surface area contributed by atoms with E-state index in [4.69, 9.17) is 0 Å². The number of nitrogens with zero attached hydrogens (tertiary/aromatic N) is 2. The average Bonchev–Trinajstić information content (AvgIpc) is 2.81.